The highest BCUT2D eigenvalue weighted by Gasteiger charge is 2.52. The maximum atomic E-state index is 11.6. The van der Waals surface area contributed by atoms with E-state index in [1.165, 1.54) is 26.2 Å². The topological polar surface area (TPSA) is 82.1 Å². The molecule has 0 radical (unpaired) electrons. The Morgan fingerprint density at radius 3 is 2.30 bits per heavy atom. The third-order valence-electron chi connectivity index (χ3n) is 4.78. The van der Waals surface area contributed by atoms with E-state index < -0.39 is 24.3 Å². The zero-order valence-corrected chi connectivity index (χ0v) is 17.3. The van der Waals surface area contributed by atoms with E-state index in [4.69, 9.17) is 9.31 Å². The fourth-order valence-corrected chi connectivity index (χ4v) is 3.08. The van der Waals surface area contributed by atoms with Crippen LogP contribution in [-0.4, -0.2) is 47.4 Å². The number of esters is 1. The fourth-order valence-electron chi connectivity index (χ4n) is 2.49. The van der Waals surface area contributed by atoms with Crippen LogP contribution < -0.4 is 0 Å². The normalized spacial score (nSPS) is 18.4. The van der Waals surface area contributed by atoms with Crippen molar-refractivity contribution in [2.75, 3.05) is 12.9 Å². The zero-order valence-electron chi connectivity index (χ0n) is 16.5. The molecule has 1 heterocycles. The van der Waals surface area contributed by atoms with Gasteiger partial charge in [-0.05, 0) is 50.9 Å². The molecule has 1 N–H and O–H groups in total. The number of ether oxygens (including phenoxy) is 1. The van der Waals surface area contributed by atoms with Gasteiger partial charge in [-0.25, -0.2) is 4.79 Å². The van der Waals surface area contributed by atoms with Crippen LogP contribution in [0.25, 0.3) is 6.08 Å². The first-order valence-electron chi connectivity index (χ1n) is 8.57. The molecule has 146 valence electrons. The van der Waals surface area contributed by atoms with Crippen LogP contribution in [0.2, 0.25) is 0 Å². The van der Waals surface area contributed by atoms with E-state index in [0.29, 0.717) is 11.3 Å². The SMILES string of the molecule is COC(=O)c1ccc(C=C(CSC(C)=O)B2OC(C)(C)C(C)(C)O2)cc1O. The van der Waals surface area contributed by atoms with Crippen LogP contribution in [0.15, 0.2) is 23.7 Å². The monoisotopic (exact) mass is 392 g/mol. The van der Waals surface area contributed by atoms with Crippen LogP contribution >= 0.6 is 11.8 Å². The highest BCUT2D eigenvalue weighted by atomic mass is 32.2. The third kappa shape index (κ3) is 4.94. The number of hydrogen-bond acceptors (Lipinski definition) is 7. The minimum atomic E-state index is -0.610. The number of thioether (sulfide) groups is 1. The molecule has 27 heavy (non-hydrogen) atoms. The van der Waals surface area contributed by atoms with Gasteiger partial charge >= 0.3 is 13.1 Å². The molecule has 1 aromatic carbocycles. The van der Waals surface area contributed by atoms with Crippen molar-refractivity contribution in [1.82, 2.24) is 0 Å². The van der Waals surface area contributed by atoms with Crippen LogP contribution in [0.3, 0.4) is 0 Å². The number of methoxy groups -OCH3 is 1. The van der Waals surface area contributed by atoms with Crippen molar-refractivity contribution in [2.45, 2.75) is 45.8 Å². The van der Waals surface area contributed by atoms with Crippen molar-refractivity contribution < 1.29 is 28.7 Å². The molecular weight excluding hydrogens is 367 g/mol. The molecule has 6 nitrogen and oxygen atoms in total. The lowest BCUT2D eigenvalue weighted by Crippen LogP contribution is -2.41. The molecule has 0 aromatic heterocycles. The molecule has 0 bridgehead atoms. The quantitative estimate of drug-likeness (QED) is 0.607. The van der Waals surface area contributed by atoms with Crippen LogP contribution in [0.5, 0.6) is 5.75 Å². The number of hydrogen-bond donors (Lipinski definition) is 1. The number of phenols is 1. The van der Waals surface area contributed by atoms with Gasteiger partial charge in [-0.15, -0.1) is 0 Å². The van der Waals surface area contributed by atoms with Crippen molar-refractivity contribution in [3.8, 4) is 5.75 Å². The van der Waals surface area contributed by atoms with E-state index in [0.717, 1.165) is 17.2 Å². The molecule has 8 heteroatoms. The second-order valence-corrected chi connectivity index (χ2v) is 8.51. The molecule has 0 saturated carbocycles. The summed E-state index contributed by atoms with van der Waals surface area (Å²) in [6.45, 7) is 9.34. The van der Waals surface area contributed by atoms with Gasteiger partial charge in [-0.1, -0.05) is 23.9 Å². The van der Waals surface area contributed by atoms with Gasteiger partial charge in [-0.2, -0.15) is 0 Å². The van der Waals surface area contributed by atoms with Gasteiger partial charge in [0.05, 0.1) is 18.3 Å². The van der Waals surface area contributed by atoms with Crippen LogP contribution in [-0.2, 0) is 18.8 Å². The van der Waals surface area contributed by atoms with Crippen molar-refractivity contribution in [2.24, 2.45) is 0 Å². The minimum Gasteiger partial charge on any atom is -0.507 e. The van der Waals surface area contributed by atoms with Crippen molar-refractivity contribution >= 4 is 36.0 Å². The second-order valence-electron chi connectivity index (χ2n) is 7.36. The summed E-state index contributed by atoms with van der Waals surface area (Å²) in [6.07, 6.45) is 1.80. The maximum absolute atomic E-state index is 11.6. The van der Waals surface area contributed by atoms with Gasteiger partial charge in [0.25, 0.3) is 0 Å². The fraction of sp³-hybridized carbons (Fsp3) is 0.474. The van der Waals surface area contributed by atoms with Gasteiger partial charge in [0.15, 0.2) is 5.12 Å². The van der Waals surface area contributed by atoms with Gasteiger partial charge in [0.1, 0.15) is 11.3 Å². The summed E-state index contributed by atoms with van der Waals surface area (Å²) < 4.78 is 16.8. The molecule has 0 atom stereocenters. The lowest BCUT2D eigenvalue weighted by Gasteiger charge is -2.32. The standard InChI is InChI=1S/C19H25BO6S/c1-12(21)27-11-14(20-25-18(2,3)19(4,5)26-20)9-13-7-8-15(16(22)10-13)17(23)24-6/h7-10,22H,11H2,1-6H3. The number of rotatable bonds is 5. The Hall–Kier alpha value is -1.77. The number of aromatic hydroxyl groups is 1. The molecule has 0 aliphatic carbocycles. The molecule has 2 rings (SSSR count). The Bertz CT molecular complexity index is 755. The van der Waals surface area contributed by atoms with Gasteiger partial charge in [0.2, 0.25) is 0 Å². The first-order chi connectivity index (χ1) is 12.5. The Morgan fingerprint density at radius 1 is 1.22 bits per heavy atom. The predicted octanol–water partition coefficient (Wildman–Crippen LogP) is 3.47. The van der Waals surface area contributed by atoms with Crippen LogP contribution in [0.4, 0.5) is 0 Å². The number of carbonyl (C=O) groups excluding carboxylic acids is 2. The summed E-state index contributed by atoms with van der Waals surface area (Å²) in [5, 5.41) is 10.1. The zero-order chi connectivity index (χ0) is 20.4. The summed E-state index contributed by atoms with van der Waals surface area (Å²) in [7, 11) is 0.648. The van der Waals surface area contributed by atoms with E-state index in [1.54, 1.807) is 12.1 Å². The highest BCUT2D eigenvalue weighted by molar-refractivity contribution is 8.13. The van der Waals surface area contributed by atoms with Crippen LogP contribution in [0, 0.1) is 0 Å². The molecule has 1 fully saturated rings. The highest BCUT2D eigenvalue weighted by Crippen LogP contribution is 2.39. The molecular formula is C19H25BO6S. The Balaban J connectivity index is 2.35. The summed E-state index contributed by atoms with van der Waals surface area (Å²) in [6, 6.07) is 4.65. The van der Waals surface area contributed by atoms with Crippen molar-refractivity contribution in [1.29, 1.82) is 0 Å². The minimum absolute atomic E-state index is 0.0127. The lowest BCUT2D eigenvalue weighted by molar-refractivity contribution is -0.109. The van der Waals surface area contributed by atoms with E-state index in [2.05, 4.69) is 4.74 Å². The second kappa shape index (κ2) is 8.08. The molecule has 0 amide bonds. The summed E-state index contributed by atoms with van der Waals surface area (Å²) in [5.41, 5.74) is 0.501. The van der Waals surface area contributed by atoms with Crippen molar-refractivity contribution in [3.63, 3.8) is 0 Å². The molecule has 1 saturated heterocycles. The Labute approximate surface area is 164 Å². The Kier molecular flexibility index (Phi) is 6.45. The first kappa shape index (κ1) is 21.5. The summed E-state index contributed by atoms with van der Waals surface area (Å²) >= 11 is 1.16. The number of benzene rings is 1. The smallest absolute Gasteiger partial charge is 0.491 e. The first-order valence-corrected chi connectivity index (χ1v) is 9.56. The average Bonchev–Trinajstić information content (AvgIpc) is 2.78. The molecule has 1 aliphatic rings. The van der Waals surface area contributed by atoms with E-state index in [1.807, 2.05) is 27.7 Å². The molecule has 0 spiro atoms. The molecule has 0 unspecified atom stereocenters. The van der Waals surface area contributed by atoms with Gasteiger partial charge in [0, 0.05) is 12.7 Å². The maximum Gasteiger partial charge on any atom is 0.491 e. The lowest BCUT2D eigenvalue weighted by atomic mass is 9.78. The third-order valence-corrected chi connectivity index (χ3v) is 5.66. The van der Waals surface area contributed by atoms with Crippen molar-refractivity contribution in [3.05, 3.63) is 34.8 Å². The number of carbonyl (C=O) groups is 2. The Morgan fingerprint density at radius 2 is 1.81 bits per heavy atom. The van der Waals surface area contributed by atoms with Crippen LogP contribution in [0.1, 0.15) is 50.5 Å². The molecule has 1 aliphatic heterocycles. The van der Waals surface area contributed by atoms with Gasteiger partial charge in [-0.3, -0.25) is 4.79 Å². The summed E-state index contributed by atoms with van der Waals surface area (Å²) in [4.78, 5) is 23.1. The predicted molar refractivity (Wildman–Crippen MR) is 107 cm³/mol. The van der Waals surface area contributed by atoms with Gasteiger partial charge < -0.3 is 19.2 Å². The average molecular weight is 392 g/mol. The van der Waals surface area contributed by atoms with E-state index in [9.17, 15) is 14.7 Å². The summed E-state index contributed by atoms with van der Waals surface area (Å²) in [5.74, 6) is -0.393. The van der Waals surface area contributed by atoms with E-state index in [-0.39, 0.29) is 16.4 Å². The van der Waals surface area contributed by atoms with E-state index >= 15 is 0 Å². The molecule has 1 aromatic rings. The largest absolute Gasteiger partial charge is 0.507 e. The number of phenolic OH excluding ortho intramolecular Hbond substituents is 1.